The molecule has 4 amide bonds. The number of amides is 4. The number of aliphatic carboxylic acids is 1. The maximum Gasteiger partial charge on any atom is 0.323 e. The van der Waals surface area contributed by atoms with Crippen LogP contribution in [0.2, 0.25) is 0 Å². The molecule has 0 aliphatic heterocycles. The third-order valence-electron chi connectivity index (χ3n) is 4.64. The number of rotatable bonds is 11. The fraction of sp³-hybridized carbons (Fsp3) is 0.250. The number of para-hydroxylation sites is 1. The summed E-state index contributed by atoms with van der Waals surface area (Å²) in [7, 11) is 0. The second-order valence-electron chi connectivity index (χ2n) is 7.41. The topological polar surface area (TPSA) is 137 Å². The molecule has 2 aromatic rings. The van der Waals surface area contributed by atoms with Crippen LogP contribution in [0.3, 0.4) is 0 Å². The first-order valence-electron chi connectivity index (χ1n) is 10.4. The van der Waals surface area contributed by atoms with Crippen LogP contribution in [0.15, 0.2) is 61.2 Å². The molecule has 2 aromatic carbocycles. The van der Waals surface area contributed by atoms with E-state index in [4.69, 9.17) is 5.11 Å². The van der Waals surface area contributed by atoms with E-state index < -0.39 is 17.9 Å². The van der Waals surface area contributed by atoms with Crippen LogP contribution < -0.4 is 21.3 Å². The van der Waals surface area contributed by atoms with Crippen molar-refractivity contribution in [3.63, 3.8) is 0 Å². The highest BCUT2D eigenvalue weighted by Gasteiger charge is 2.15. The van der Waals surface area contributed by atoms with E-state index in [0.717, 1.165) is 5.56 Å². The smallest absolute Gasteiger partial charge is 0.323 e. The lowest BCUT2D eigenvalue weighted by Crippen LogP contribution is -2.36. The molecule has 2 rings (SSSR count). The Balaban J connectivity index is 1.78. The molecule has 33 heavy (non-hydrogen) atoms. The maximum atomic E-state index is 12.2. The Hall–Kier alpha value is -4.14. The zero-order valence-electron chi connectivity index (χ0n) is 18.4. The van der Waals surface area contributed by atoms with Gasteiger partial charge in [-0.3, -0.25) is 14.4 Å². The average molecular weight is 453 g/mol. The number of hydrogen-bond acceptors (Lipinski definition) is 4. The van der Waals surface area contributed by atoms with Crippen molar-refractivity contribution in [2.24, 2.45) is 0 Å². The van der Waals surface area contributed by atoms with Gasteiger partial charge in [0.05, 0.1) is 6.42 Å². The quantitative estimate of drug-likeness (QED) is 0.330. The number of urea groups is 1. The lowest BCUT2D eigenvalue weighted by atomic mass is 10.1. The van der Waals surface area contributed by atoms with Crippen molar-refractivity contribution in [2.45, 2.75) is 38.6 Å². The Bertz CT molecular complexity index is 1000. The zero-order chi connectivity index (χ0) is 24.2. The molecule has 1 unspecified atom stereocenters. The SMILES string of the molecule is C=CCC(CC(=O)O)NC(=O)CCC(=O)Nc1ccc(NC(=O)Nc2ccccc2C)cc1. The minimum atomic E-state index is -1.02. The van der Waals surface area contributed by atoms with E-state index in [9.17, 15) is 19.2 Å². The molecule has 0 aromatic heterocycles. The van der Waals surface area contributed by atoms with E-state index in [2.05, 4.69) is 27.8 Å². The lowest BCUT2D eigenvalue weighted by molar-refractivity contribution is -0.137. The lowest BCUT2D eigenvalue weighted by Gasteiger charge is -2.15. The molecule has 0 bridgehead atoms. The van der Waals surface area contributed by atoms with Crippen LogP contribution in [0, 0.1) is 6.92 Å². The Morgan fingerprint density at radius 3 is 2.12 bits per heavy atom. The number of nitrogens with one attached hydrogen (secondary N) is 4. The van der Waals surface area contributed by atoms with Crippen LogP contribution in [-0.4, -0.2) is 35.0 Å². The first kappa shape index (κ1) is 25.1. The monoisotopic (exact) mass is 452 g/mol. The highest BCUT2D eigenvalue weighted by molar-refractivity contribution is 6.00. The van der Waals surface area contributed by atoms with Gasteiger partial charge in [-0.25, -0.2) is 4.79 Å². The summed E-state index contributed by atoms with van der Waals surface area (Å²) in [6, 6.07) is 13.0. The van der Waals surface area contributed by atoms with E-state index in [1.165, 1.54) is 6.08 Å². The van der Waals surface area contributed by atoms with Crippen molar-refractivity contribution in [1.29, 1.82) is 0 Å². The molecule has 0 aliphatic carbocycles. The van der Waals surface area contributed by atoms with Crippen molar-refractivity contribution in [1.82, 2.24) is 5.32 Å². The summed E-state index contributed by atoms with van der Waals surface area (Å²) in [6.07, 6.45) is 1.52. The summed E-state index contributed by atoms with van der Waals surface area (Å²) in [5, 5.41) is 19.6. The highest BCUT2D eigenvalue weighted by atomic mass is 16.4. The molecular formula is C24H28N4O5. The second-order valence-corrected chi connectivity index (χ2v) is 7.41. The summed E-state index contributed by atoms with van der Waals surface area (Å²) in [5.74, 6) is -1.79. The molecule has 0 saturated heterocycles. The Morgan fingerprint density at radius 2 is 1.52 bits per heavy atom. The van der Waals surface area contributed by atoms with Crippen LogP contribution in [0.1, 0.15) is 31.2 Å². The van der Waals surface area contributed by atoms with Crippen molar-refractivity contribution < 1.29 is 24.3 Å². The standard InChI is InChI=1S/C24H28N4O5/c1-3-6-19(15-23(31)32)26-22(30)14-13-21(29)25-17-9-11-18(12-10-17)27-24(33)28-20-8-5-4-7-16(20)2/h3-5,7-12,19H,1,6,13-15H2,2H3,(H,25,29)(H,26,30)(H,31,32)(H2,27,28,33). The van der Waals surface area contributed by atoms with Gasteiger partial charge in [0.2, 0.25) is 11.8 Å². The highest BCUT2D eigenvalue weighted by Crippen LogP contribution is 2.16. The van der Waals surface area contributed by atoms with E-state index >= 15 is 0 Å². The third-order valence-corrected chi connectivity index (χ3v) is 4.64. The van der Waals surface area contributed by atoms with Gasteiger partial charge in [0.25, 0.3) is 0 Å². The fourth-order valence-electron chi connectivity index (χ4n) is 2.99. The van der Waals surface area contributed by atoms with Gasteiger partial charge in [-0.05, 0) is 49.2 Å². The van der Waals surface area contributed by atoms with Crippen LogP contribution >= 0.6 is 0 Å². The van der Waals surface area contributed by atoms with Gasteiger partial charge in [-0.1, -0.05) is 24.3 Å². The summed E-state index contributed by atoms with van der Waals surface area (Å²) < 4.78 is 0. The van der Waals surface area contributed by atoms with Crippen molar-refractivity contribution in [3.05, 3.63) is 66.7 Å². The number of aryl methyl sites for hydroxylation is 1. The van der Waals surface area contributed by atoms with Crippen molar-refractivity contribution >= 4 is 40.9 Å². The number of hydrogen-bond donors (Lipinski definition) is 5. The molecule has 0 heterocycles. The fourth-order valence-corrected chi connectivity index (χ4v) is 2.99. The molecule has 174 valence electrons. The van der Waals surface area contributed by atoms with Crippen LogP contribution in [0.5, 0.6) is 0 Å². The first-order chi connectivity index (χ1) is 15.8. The van der Waals surface area contributed by atoms with Gasteiger partial charge >= 0.3 is 12.0 Å². The Morgan fingerprint density at radius 1 is 0.909 bits per heavy atom. The van der Waals surface area contributed by atoms with E-state index in [1.54, 1.807) is 30.3 Å². The van der Waals surface area contributed by atoms with Gasteiger partial charge in [-0.2, -0.15) is 0 Å². The normalized spacial score (nSPS) is 11.1. The van der Waals surface area contributed by atoms with Gasteiger partial charge in [0.15, 0.2) is 0 Å². The largest absolute Gasteiger partial charge is 0.481 e. The Kier molecular flexibility index (Phi) is 9.63. The molecule has 9 heteroatoms. The van der Waals surface area contributed by atoms with Crippen LogP contribution in [-0.2, 0) is 14.4 Å². The number of carbonyl (C=O) groups excluding carboxylic acids is 3. The summed E-state index contributed by atoms with van der Waals surface area (Å²) >= 11 is 0. The predicted octanol–water partition coefficient (Wildman–Crippen LogP) is 3.89. The molecule has 0 saturated carbocycles. The number of carboxylic acids is 1. The molecule has 1 atom stereocenters. The Labute approximate surface area is 192 Å². The van der Waals surface area contributed by atoms with E-state index in [1.807, 2.05) is 25.1 Å². The maximum absolute atomic E-state index is 12.2. The van der Waals surface area contributed by atoms with Crippen LogP contribution in [0.4, 0.5) is 21.9 Å². The van der Waals surface area contributed by atoms with Crippen LogP contribution in [0.25, 0.3) is 0 Å². The number of carboxylic acid groups (broad SMARTS) is 1. The minimum absolute atomic E-state index is 0.0570. The van der Waals surface area contributed by atoms with Gasteiger partial charge in [-0.15, -0.1) is 6.58 Å². The third kappa shape index (κ3) is 9.26. The first-order valence-corrected chi connectivity index (χ1v) is 10.4. The minimum Gasteiger partial charge on any atom is -0.481 e. The zero-order valence-corrected chi connectivity index (χ0v) is 18.4. The van der Waals surface area contributed by atoms with E-state index in [0.29, 0.717) is 23.5 Å². The van der Waals surface area contributed by atoms with Gasteiger partial charge in [0, 0.05) is 35.9 Å². The second kappa shape index (κ2) is 12.7. The molecule has 0 spiro atoms. The summed E-state index contributed by atoms with van der Waals surface area (Å²) in [5.41, 5.74) is 2.71. The summed E-state index contributed by atoms with van der Waals surface area (Å²) in [4.78, 5) is 47.1. The predicted molar refractivity (Wildman–Crippen MR) is 127 cm³/mol. The molecule has 0 radical (unpaired) electrons. The number of carbonyl (C=O) groups is 4. The molecule has 0 aliphatic rings. The van der Waals surface area contributed by atoms with E-state index in [-0.39, 0.29) is 31.2 Å². The van der Waals surface area contributed by atoms with Gasteiger partial charge in [0.1, 0.15) is 0 Å². The number of benzene rings is 2. The average Bonchev–Trinajstić information content (AvgIpc) is 2.75. The molecular weight excluding hydrogens is 424 g/mol. The molecule has 5 N–H and O–H groups in total. The van der Waals surface area contributed by atoms with Gasteiger partial charge < -0.3 is 26.4 Å². The number of anilines is 3. The van der Waals surface area contributed by atoms with Crippen molar-refractivity contribution in [2.75, 3.05) is 16.0 Å². The molecule has 0 fully saturated rings. The molecule has 9 nitrogen and oxygen atoms in total. The summed E-state index contributed by atoms with van der Waals surface area (Å²) in [6.45, 7) is 5.44. The van der Waals surface area contributed by atoms with Crippen molar-refractivity contribution in [3.8, 4) is 0 Å².